The van der Waals surface area contributed by atoms with Crippen LogP contribution in [0, 0.1) is 11.8 Å². The fraction of sp³-hybridized carbons (Fsp3) is 0.500. The predicted molar refractivity (Wildman–Crippen MR) is 86.7 cm³/mol. The largest absolute Gasteiger partial charge is 0.326 e. The number of hydrogen-bond donors (Lipinski definition) is 2. The monoisotopic (exact) mass is 328 g/mol. The number of amides is 3. The van der Waals surface area contributed by atoms with E-state index in [1.807, 2.05) is 43.4 Å². The molecular weight excluding hydrogens is 306 g/mol. The summed E-state index contributed by atoms with van der Waals surface area (Å²) in [5.74, 6) is -1.52. The lowest BCUT2D eigenvalue weighted by atomic mass is 9.76. The lowest BCUT2D eigenvalue weighted by Gasteiger charge is -2.25. The fourth-order valence-corrected chi connectivity index (χ4v) is 4.69. The van der Waals surface area contributed by atoms with Crippen LogP contribution < -0.4 is 10.6 Å². The predicted octanol–water partition coefficient (Wildman–Crippen LogP) is 0.201. The van der Waals surface area contributed by atoms with Crippen molar-refractivity contribution in [2.45, 2.75) is 38.3 Å². The number of nitrogens with zero attached hydrogens (tertiary/aromatic N) is 1. The maximum absolute atomic E-state index is 13.1. The highest BCUT2D eigenvalue weighted by Crippen LogP contribution is 2.48. The zero-order valence-corrected chi connectivity index (χ0v) is 13.9. The van der Waals surface area contributed by atoms with Gasteiger partial charge in [-0.05, 0) is 19.4 Å². The van der Waals surface area contributed by atoms with Crippen LogP contribution in [0.5, 0.6) is 0 Å². The molecule has 1 aromatic rings. The Balaban J connectivity index is 1.82. The number of quaternary nitrogens is 1. The summed E-state index contributed by atoms with van der Waals surface area (Å²) in [6.45, 7) is 4.42. The first-order chi connectivity index (χ1) is 11.5. The molecule has 0 aliphatic carbocycles. The van der Waals surface area contributed by atoms with Gasteiger partial charge >= 0.3 is 0 Å². The Bertz CT molecular complexity index is 747. The van der Waals surface area contributed by atoms with E-state index >= 15 is 0 Å². The summed E-state index contributed by atoms with van der Waals surface area (Å²) >= 11 is 0. The summed E-state index contributed by atoms with van der Waals surface area (Å²) < 4.78 is 0. The topological polar surface area (TPSA) is 83.1 Å². The SMILES string of the molecule is CCCCN1C(=O)[C@@H]2[C@H](C)[NH2+][C@@]3(C(=O)Nc4ccccc43)[C@@H]2C1=O. The molecule has 0 radical (unpaired) electrons. The summed E-state index contributed by atoms with van der Waals surface area (Å²) in [6.07, 6.45) is 1.72. The third kappa shape index (κ3) is 1.72. The maximum Gasteiger partial charge on any atom is 0.291 e. The highest BCUT2D eigenvalue weighted by Gasteiger charge is 2.73. The minimum Gasteiger partial charge on any atom is -0.326 e. The Kier molecular flexibility index (Phi) is 3.28. The first-order valence-corrected chi connectivity index (χ1v) is 8.64. The molecule has 4 rings (SSSR count). The minimum atomic E-state index is -1.01. The molecule has 3 amide bonds. The normalized spacial score (nSPS) is 34.0. The molecule has 6 nitrogen and oxygen atoms in total. The van der Waals surface area contributed by atoms with Crippen molar-refractivity contribution < 1.29 is 19.7 Å². The van der Waals surface area contributed by atoms with E-state index in [0.29, 0.717) is 6.54 Å². The van der Waals surface area contributed by atoms with Crippen LogP contribution in [0.3, 0.4) is 0 Å². The van der Waals surface area contributed by atoms with Crippen molar-refractivity contribution in [2.24, 2.45) is 11.8 Å². The zero-order valence-electron chi connectivity index (χ0n) is 13.9. The maximum atomic E-state index is 13.1. The zero-order chi connectivity index (χ0) is 17.1. The molecule has 2 saturated heterocycles. The Morgan fingerprint density at radius 2 is 1.96 bits per heavy atom. The van der Waals surface area contributed by atoms with Crippen molar-refractivity contribution in [1.82, 2.24) is 4.90 Å². The average Bonchev–Trinajstić information content (AvgIpc) is 3.12. The molecule has 3 aliphatic rings. The molecule has 6 heteroatoms. The minimum absolute atomic E-state index is 0.102. The van der Waals surface area contributed by atoms with Crippen molar-refractivity contribution in [3.05, 3.63) is 29.8 Å². The number of likely N-dealkylation sites (tertiary alicyclic amines) is 1. The number of imide groups is 1. The Labute approximate surface area is 140 Å². The molecule has 3 heterocycles. The summed E-state index contributed by atoms with van der Waals surface area (Å²) in [4.78, 5) is 40.2. The van der Waals surface area contributed by atoms with Crippen LogP contribution in [0.15, 0.2) is 24.3 Å². The Hall–Kier alpha value is -2.21. The number of hydrogen-bond acceptors (Lipinski definition) is 3. The number of nitrogens with two attached hydrogens (primary N) is 1. The van der Waals surface area contributed by atoms with E-state index in [-0.39, 0.29) is 23.8 Å². The molecule has 2 fully saturated rings. The highest BCUT2D eigenvalue weighted by molar-refractivity contribution is 6.13. The number of rotatable bonds is 3. The molecular formula is C18H22N3O3+. The molecule has 3 N–H and O–H groups in total. The van der Waals surface area contributed by atoms with Gasteiger partial charge in [0.05, 0.1) is 11.7 Å². The first kappa shape index (κ1) is 15.3. The second-order valence-electron chi connectivity index (χ2n) is 7.08. The molecule has 3 aliphatic heterocycles. The van der Waals surface area contributed by atoms with E-state index in [9.17, 15) is 14.4 Å². The molecule has 4 atom stereocenters. The molecule has 0 unspecified atom stereocenters. The standard InChI is InChI=1S/C18H21N3O3/c1-3-4-9-21-15(22)13-10(2)20-18(14(13)16(21)23)11-7-5-6-8-12(11)19-17(18)24/h5-8,10,13-14,20H,3-4,9H2,1-2H3,(H,19,24)/p+1/t10-,13+,14-,18+/m0/s1. The highest BCUT2D eigenvalue weighted by atomic mass is 16.2. The van der Waals surface area contributed by atoms with Gasteiger partial charge < -0.3 is 10.6 Å². The number of unbranched alkanes of at least 4 members (excludes halogenated alkanes) is 1. The van der Waals surface area contributed by atoms with Gasteiger partial charge in [0.2, 0.25) is 17.4 Å². The molecule has 24 heavy (non-hydrogen) atoms. The first-order valence-electron chi connectivity index (χ1n) is 8.64. The van der Waals surface area contributed by atoms with Crippen LogP contribution in [-0.4, -0.2) is 35.2 Å². The van der Waals surface area contributed by atoms with Gasteiger partial charge in [-0.25, -0.2) is 0 Å². The quantitative estimate of drug-likeness (QED) is 0.778. The number of benzene rings is 1. The van der Waals surface area contributed by atoms with Crippen molar-refractivity contribution in [2.75, 3.05) is 11.9 Å². The molecule has 0 bridgehead atoms. The number of nitrogens with one attached hydrogen (secondary N) is 1. The number of anilines is 1. The van der Waals surface area contributed by atoms with Gasteiger partial charge in [0.15, 0.2) is 0 Å². The molecule has 1 spiro atoms. The third-order valence-corrected chi connectivity index (χ3v) is 5.76. The van der Waals surface area contributed by atoms with Gasteiger partial charge in [-0.15, -0.1) is 0 Å². The average molecular weight is 328 g/mol. The molecule has 126 valence electrons. The lowest BCUT2D eigenvalue weighted by Crippen LogP contribution is -2.98. The Morgan fingerprint density at radius 3 is 2.71 bits per heavy atom. The van der Waals surface area contributed by atoms with E-state index in [2.05, 4.69) is 5.32 Å². The Morgan fingerprint density at radius 1 is 1.21 bits per heavy atom. The van der Waals surface area contributed by atoms with Crippen LogP contribution in [-0.2, 0) is 19.9 Å². The summed E-state index contributed by atoms with van der Waals surface area (Å²) in [6, 6.07) is 7.39. The van der Waals surface area contributed by atoms with Crippen LogP contribution in [0.4, 0.5) is 5.69 Å². The van der Waals surface area contributed by atoms with Gasteiger partial charge in [-0.1, -0.05) is 31.5 Å². The lowest BCUT2D eigenvalue weighted by molar-refractivity contribution is -0.730. The van der Waals surface area contributed by atoms with E-state index in [4.69, 9.17) is 0 Å². The van der Waals surface area contributed by atoms with Crippen LogP contribution in [0.2, 0.25) is 0 Å². The number of carbonyl (C=O) groups is 3. The van der Waals surface area contributed by atoms with Crippen molar-refractivity contribution in [3.63, 3.8) is 0 Å². The van der Waals surface area contributed by atoms with Crippen LogP contribution in [0.1, 0.15) is 32.3 Å². The van der Waals surface area contributed by atoms with Crippen LogP contribution in [0.25, 0.3) is 0 Å². The third-order valence-electron chi connectivity index (χ3n) is 5.76. The summed E-state index contributed by atoms with van der Waals surface area (Å²) in [5, 5.41) is 4.83. The van der Waals surface area contributed by atoms with Crippen molar-refractivity contribution in [3.8, 4) is 0 Å². The van der Waals surface area contributed by atoms with Crippen molar-refractivity contribution in [1.29, 1.82) is 0 Å². The fourth-order valence-electron chi connectivity index (χ4n) is 4.69. The van der Waals surface area contributed by atoms with E-state index in [1.165, 1.54) is 4.90 Å². The number of fused-ring (bicyclic) bond motifs is 4. The number of para-hydroxylation sites is 1. The molecule has 1 aromatic carbocycles. The van der Waals surface area contributed by atoms with Gasteiger partial charge in [0, 0.05) is 12.1 Å². The van der Waals surface area contributed by atoms with Crippen molar-refractivity contribution >= 4 is 23.4 Å². The second kappa shape index (κ2) is 5.14. The second-order valence-corrected chi connectivity index (χ2v) is 7.08. The van der Waals surface area contributed by atoms with Gasteiger partial charge in [-0.2, -0.15) is 0 Å². The molecule has 0 saturated carbocycles. The van der Waals surface area contributed by atoms with E-state index in [0.717, 1.165) is 24.1 Å². The van der Waals surface area contributed by atoms with Crippen LogP contribution >= 0.6 is 0 Å². The van der Waals surface area contributed by atoms with Gasteiger partial charge in [0.25, 0.3) is 5.91 Å². The summed E-state index contributed by atoms with van der Waals surface area (Å²) in [5.41, 5.74) is 0.570. The van der Waals surface area contributed by atoms with E-state index < -0.39 is 17.4 Å². The number of carbonyl (C=O) groups excluding carboxylic acids is 3. The smallest absolute Gasteiger partial charge is 0.291 e. The molecule has 0 aromatic heterocycles. The van der Waals surface area contributed by atoms with Gasteiger partial charge in [0.1, 0.15) is 11.8 Å². The van der Waals surface area contributed by atoms with Gasteiger partial charge in [-0.3, -0.25) is 19.3 Å². The summed E-state index contributed by atoms with van der Waals surface area (Å²) in [7, 11) is 0. The van der Waals surface area contributed by atoms with E-state index in [1.54, 1.807) is 0 Å².